The minimum absolute atomic E-state index is 0.114. The monoisotopic (exact) mass is 492 g/mol. The van der Waals surface area contributed by atoms with Crippen molar-refractivity contribution in [1.29, 1.82) is 0 Å². The predicted octanol–water partition coefficient (Wildman–Crippen LogP) is 3.69. The van der Waals surface area contributed by atoms with Crippen LogP contribution in [0.2, 0.25) is 0 Å². The topological polar surface area (TPSA) is 134 Å². The second-order valence-electron chi connectivity index (χ2n) is 7.85. The van der Waals surface area contributed by atoms with Crippen molar-refractivity contribution < 1.29 is 18.6 Å². The standard InChI is InChI=1S/C21H29N6O4PS/c1-14(2)33-21(28)16(4)26-32(29,31-17-8-6-5-7-9-17)13-30-15(3)10-27-12-25-18-19(22)23-11-24-20(18)27/h5-9,11-12,14-16H,10,13H2,1-4H3,(H,26,29)(H2,22,23,24)/t15-,16+,32?/m1/s1. The molecule has 0 aliphatic carbocycles. The van der Waals surface area contributed by atoms with Crippen molar-refractivity contribution in [2.75, 3.05) is 12.1 Å². The SMILES string of the molecule is CC(C)SC(=O)[C@H](C)NP(=O)(CO[C@H](C)Cn1cnc2c(N)ncnc21)Oc1ccccc1. The van der Waals surface area contributed by atoms with Crippen LogP contribution in [0.15, 0.2) is 43.0 Å². The van der Waals surface area contributed by atoms with Crippen molar-refractivity contribution >= 4 is 41.4 Å². The number of hydrogen-bond donors (Lipinski definition) is 2. The number of hydrogen-bond acceptors (Lipinski definition) is 9. The maximum atomic E-state index is 13.7. The lowest BCUT2D eigenvalue weighted by Crippen LogP contribution is -2.34. The van der Waals surface area contributed by atoms with Crippen molar-refractivity contribution in [3.05, 3.63) is 43.0 Å². The van der Waals surface area contributed by atoms with Gasteiger partial charge >= 0.3 is 7.52 Å². The van der Waals surface area contributed by atoms with Gasteiger partial charge in [0.25, 0.3) is 0 Å². The van der Waals surface area contributed by atoms with E-state index in [1.54, 1.807) is 42.1 Å². The zero-order valence-electron chi connectivity index (χ0n) is 19.0. The summed E-state index contributed by atoms with van der Waals surface area (Å²) in [5, 5.41) is 2.89. The molecule has 178 valence electrons. The van der Waals surface area contributed by atoms with Crippen LogP contribution in [-0.2, 0) is 20.6 Å². The molecule has 3 atom stereocenters. The molecule has 2 heterocycles. The fraction of sp³-hybridized carbons (Fsp3) is 0.429. The van der Waals surface area contributed by atoms with E-state index in [1.807, 2.05) is 26.8 Å². The molecule has 3 N–H and O–H groups in total. The highest BCUT2D eigenvalue weighted by Gasteiger charge is 2.31. The second kappa shape index (κ2) is 11.1. The van der Waals surface area contributed by atoms with E-state index in [2.05, 4.69) is 20.0 Å². The summed E-state index contributed by atoms with van der Waals surface area (Å²) in [7, 11) is -3.57. The lowest BCUT2D eigenvalue weighted by atomic mass is 10.3. The molecule has 0 radical (unpaired) electrons. The van der Waals surface area contributed by atoms with Crippen LogP contribution in [0.25, 0.3) is 11.2 Å². The smallest absolute Gasteiger partial charge is 0.342 e. The first-order chi connectivity index (χ1) is 15.7. The highest BCUT2D eigenvalue weighted by molar-refractivity contribution is 8.14. The van der Waals surface area contributed by atoms with E-state index in [0.717, 1.165) is 0 Å². The minimum Gasteiger partial charge on any atom is -0.431 e. The fourth-order valence-corrected chi connectivity index (χ4v) is 5.63. The van der Waals surface area contributed by atoms with Crippen LogP contribution in [0, 0.1) is 0 Å². The summed E-state index contributed by atoms with van der Waals surface area (Å²) in [6, 6.07) is 8.13. The first kappa shape index (κ1) is 25.2. The van der Waals surface area contributed by atoms with Gasteiger partial charge in [0.15, 0.2) is 11.5 Å². The lowest BCUT2D eigenvalue weighted by molar-refractivity contribution is -0.112. The van der Waals surface area contributed by atoms with Gasteiger partial charge in [0.2, 0.25) is 5.12 Å². The molecule has 10 nitrogen and oxygen atoms in total. The van der Waals surface area contributed by atoms with Crippen LogP contribution in [0.1, 0.15) is 27.7 Å². The quantitative estimate of drug-likeness (QED) is 0.382. The first-order valence-electron chi connectivity index (χ1n) is 10.5. The van der Waals surface area contributed by atoms with Gasteiger partial charge in [0.1, 0.15) is 23.9 Å². The fourth-order valence-electron chi connectivity index (χ4n) is 3.01. The average Bonchev–Trinajstić information content (AvgIpc) is 3.16. The highest BCUT2D eigenvalue weighted by Crippen LogP contribution is 2.44. The van der Waals surface area contributed by atoms with E-state index in [0.29, 0.717) is 29.3 Å². The van der Waals surface area contributed by atoms with Crippen molar-refractivity contribution in [2.45, 2.75) is 51.6 Å². The molecule has 0 amide bonds. The number of fused-ring (bicyclic) bond motifs is 1. The molecule has 0 aliphatic rings. The summed E-state index contributed by atoms with van der Waals surface area (Å²) >= 11 is 1.19. The third-order valence-electron chi connectivity index (χ3n) is 4.50. The summed E-state index contributed by atoms with van der Waals surface area (Å²) in [6.07, 6.45) is 2.40. The maximum Gasteiger partial charge on any atom is 0.342 e. The van der Waals surface area contributed by atoms with Gasteiger partial charge in [0, 0.05) is 5.25 Å². The van der Waals surface area contributed by atoms with E-state index in [1.165, 1.54) is 18.1 Å². The third-order valence-corrected chi connectivity index (χ3v) is 7.34. The number of benzene rings is 1. The van der Waals surface area contributed by atoms with Crippen LogP contribution in [0.4, 0.5) is 5.82 Å². The number of nitrogen functional groups attached to an aromatic ring is 1. The minimum atomic E-state index is -3.57. The van der Waals surface area contributed by atoms with Gasteiger partial charge in [-0.1, -0.05) is 43.8 Å². The molecule has 1 aromatic carbocycles. The van der Waals surface area contributed by atoms with Crippen molar-refractivity contribution in [3.8, 4) is 5.75 Å². The normalized spacial score (nSPS) is 15.3. The van der Waals surface area contributed by atoms with Gasteiger partial charge in [-0.3, -0.25) is 9.36 Å². The average molecular weight is 493 g/mol. The number of aromatic nitrogens is 4. The van der Waals surface area contributed by atoms with E-state index < -0.39 is 13.6 Å². The number of nitrogens with one attached hydrogen (secondary N) is 1. The first-order valence-corrected chi connectivity index (χ1v) is 13.2. The van der Waals surface area contributed by atoms with Crippen LogP contribution in [0.5, 0.6) is 5.75 Å². The van der Waals surface area contributed by atoms with Crippen LogP contribution < -0.4 is 15.3 Å². The Hall–Kier alpha value is -2.46. The predicted molar refractivity (Wildman–Crippen MR) is 130 cm³/mol. The van der Waals surface area contributed by atoms with Crippen molar-refractivity contribution in [3.63, 3.8) is 0 Å². The Labute approximate surface area is 197 Å². The molecule has 0 saturated heterocycles. The molecular formula is C21H29N6O4PS. The van der Waals surface area contributed by atoms with Gasteiger partial charge in [-0.15, -0.1) is 0 Å². The lowest BCUT2D eigenvalue weighted by Gasteiger charge is -2.25. The van der Waals surface area contributed by atoms with E-state index in [4.69, 9.17) is 15.0 Å². The van der Waals surface area contributed by atoms with Gasteiger partial charge in [-0.2, -0.15) is 0 Å². The largest absolute Gasteiger partial charge is 0.431 e. The molecular weight excluding hydrogens is 463 g/mol. The van der Waals surface area contributed by atoms with Gasteiger partial charge in [-0.05, 0) is 26.0 Å². The van der Waals surface area contributed by atoms with Gasteiger partial charge in [-0.25, -0.2) is 20.0 Å². The number of rotatable bonds is 11. The van der Waals surface area contributed by atoms with Gasteiger partial charge < -0.3 is 19.6 Å². The number of nitrogens with two attached hydrogens (primary N) is 1. The summed E-state index contributed by atoms with van der Waals surface area (Å²) in [5.74, 6) is 0.726. The molecule has 0 saturated carbocycles. The Balaban J connectivity index is 1.70. The number of imidazole rings is 1. The number of carbonyl (C=O) groups is 1. The number of thioether (sulfide) groups is 1. The number of ether oxygens (including phenoxy) is 1. The molecule has 3 aromatic rings. The summed E-state index contributed by atoms with van der Waals surface area (Å²) < 4.78 is 27.2. The zero-order chi connectivity index (χ0) is 24.0. The van der Waals surface area contributed by atoms with Crippen LogP contribution in [-0.4, -0.2) is 48.4 Å². The Kier molecular flexibility index (Phi) is 8.47. The van der Waals surface area contributed by atoms with Gasteiger partial charge in [0.05, 0.1) is 25.0 Å². The molecule has 33 heavy (non-hydrogen) atoms. The number of carbonyl (C=O) groups excluding carboxylic acids is 1. The van der Waals surface area contributed by atoms with Crippen LogP contribution >= 0.6 is 19.3 Å². The molecule has 0 fully saturated rings. The van der Waals surface area contributed by atoms with Crippen LogP contribution in [0.3, 0.4) is 0 Å². The second-order valence-corrected chi connectivity index (χ2v) is 11.5. The number of para-hydroxylation sites is 1. The van der Waals surface area contributed by atoms with Crippen molar-refractivity contribution in [1.82, 2.24) is 24.6 Å². The molecule has 0 bridgehead atoms. The Morgan fingerprint density at radius 1 is 1.18 bits per heavy atom. The Morgan fingerprint density at radius 2 is 1.91 bits per heavy atom. The van der Waals surface area contributed by atoms with E-state index >= 15 is 0 Å². The van der Waals surface area contributed by atoms with E-state index in [9.17, 15) is 9.36 Å². The maximum absolute atomic E-state index is 13.7. The molecule has 3 rings (SSSR count). The molecule has 0 spiro atoms. The van der Waals surface area contributed by atoms with Crippen molar-refractivity contribution in [2.24, 2.45) is 0 Å². The molecule has 12 heteroatoms. The third kappa shape index (κ3) is 7.01. The Morgan fingerprint density at radius 3 is 2.61 bits per heavy atom. The Bertz CT molecular complexity index is 1130. The highest BCUT2D eigenvalue weighted by atomic mass is 32.2. The zero-order valence-corrected chi connectivity index (χ0v) is 20.8. The summed E-state index contributed by atoms with van der Waals surface area (Å²) in [6.45, 7) is 7.77. The number of nitrogens with zero attached hydrogens (tertiary/aromatic N) is 4. The summed E-state index contributed by atoms with van der Waals surface area (Å²) in [4.78, 5) is 24.8. The molecule has 0 aliphatic heterocycles. The number of anilines is 1. The molecule has 1 unspecified atom stereocenters. The summed E-state index contributed by atoms with van der Waals surface area (Å²) in [5.41, 5.74) is 6.94. The molecule has 2 aromatic heterocycles. The van der Waals surface area contributed by atoms with E-state index in [-0.39, 0.29) is 22.8 Å².